The van der Waals surface area contributed by atoms with Gasteiger partial charge in [0.2, 0.25) is 5.91 Å². The van der Waals surface area contributed by atoms with Crippen molar-refractivity contribution in [2.24, 2.45) is 0 Å². The maximum Gasteiger partial charge on any atom is 0.245 e. The minimum Gasteiger partial charge on any atom is -0.311 e. The van der Waals surface area contributed by atoms with E-state index in [1.807, 2.05) is 20.8 Å². The van der Waals surface area contributed by atoms with Crippen LogP contribution in [0.3, 0.4) is 0 Å². The maximum atomic E-state index is 11.5. The molecule has 0 spiro atoms. The zero-order valence-corrected chi connectivity index (χ0v) is 11.3. The zero-order chi connectivity index (χ0) is 13.1. The van der Waals surface area contributed by atoms with Gasteiger partial charge in [-0.25, -0.2) is 13.9 Å². The number of hydrogen-bond donors (Lipinski definition) is 2. The summed E-state index contributed by atoms with van der Waals surface area (Å²) in [4.78, 5) is 16.6. The van der Waals surface area contributed by atoms with Gasteiger partial charge in [-0.3, -0.25) is 9.63 Å². The Labute approximate surface area is 102 Å². The lowest BCUT2D eigenvalue weighted by atomic mass is 10.2. The molecule has 1 fully saturated rings. The molecule has 0 aromatic rings. The Hall–Kier alpha value is -0.660. The topological polar surface area (TPSA) is 84.5 Å². The summed E-state index contributed by atoms with van der Waals surface area (Å²) >= 11 is 0. The molecule has 0 aromatic carbocycles. The normalized spacial score (nSPS) is 24.3. The van der Waals surface area contributed by atoms with Gasteiger partial charge < -0.3 is 5.32 Å². The number of hydroxylamine groups is 1. The van der Waals surface area contributed by atoms with Crippen molar-refractivity contribution in [1.82, 2.24) is 10.8 Å². The summed E-state index contributed by atoms with van der Waals surface area (Å²) in [6.07, 6.45) is 0.106. The number of hydrogen-bond acceptors (Lipinski definition) is 5. The highest BCUT2D eigenvalue weighted by Crippen LogP contribution is 2.07. The summed E-state index contributed by atoms with van der Waals surface area (Å²) in [5, 5.41) is 3.01. The van der Waals surface area contributed by atoms with E-state index in [1.54, 1.807) is 0 Å². The van der Waals surface area contributed by atoms with Crippen molar-refractivity contribution in [2.75, 3.05) is 18.1 Å². The average Bonchev–Trinajstić information content (AvgIpc) is 2.12. The second-order valence-corrected chi connectivity index (χ2v) is 7.44. The van der Waals surface area contributed by atoms with Gasteiger partial charge in [-0.15, -0.1) is 0 Å². The SMILES string of the molecule is CC(C)(C)ONC(=O)CC1CS(=O)(=O)CCN1. The Morgan fingerprint density at radius 1 is 1.47 bits per heavy atom. The van der Waals surface area contributed by atoms with Crippen molar-refractivity contribution >= 4 is 15.7 Å². The van der Waals surface area contributed by atoms with Crippen molar-refractivity contribution in [3.8, 4) is 0 Å². The first-order valence-corrected chi connectivity index (χ1v) is 7.41. The number of carbonyl (C=O) groups excluding carboxylic acids is 1. The quantitative estimate of drug-likeness (QED) is 0.678. The van der Waals surface area contributed by atoms with E-state index in [1.165, 1.54) is 0 Å². The van der Waals surface area contributed by atoms with E-state index in [2.05, 4.69) is 10.8 Å². The fourth-order valence-corrected chi connectivity index (χ4v) is 2.92. The Bertz CT molecular complexity index is 372. The molecule has 1 unspecified atom stereocenters. The molecule has 6 nitrogen and oxygen atoms in total. The third kappa shape index (κ3) is 5.99. The lowest BCUT2D eigenvalue weighted by Crippen LogP contribution is -2.47. The minimum atomic E-state index is -3.00. The largest absolute Gasteiger partial charge is 0.311 e. The Morgan fingerprint density at radius 2 is 2.12 bits per heavy atom. The van der Waals surface area contributed by atoms with Crippen LogP contribution >= 0.6 is 0 Å². The standard InChI is InChI=1S/C10H20N2O4S/c1-10(2,3)16-12-9(13)6-8-7-17(14,15)5-4-11-8/h8,11H,4-7H2,1-3H3,(H,12,13). The van der Waals surface area contributed by atoms with Crippen LogP contribution in [-0.4, -0.2) is 44.0 Å². The highest BCUT2D eigenvalue weighted by Gasteiger charge is 2.26. The molecule has 0 aromatic heterocycles. The Morgan fingerprint density at radius 3 is 2.65 bits per heavy atom. The van der Waals surface area contributed by atoms with Crippen LogP contribution < -0.4 is 10.8 Å². The molecule has 1 atom stereocenters. The zero-order valence-electron chi connectivity index (χ0n) is 10.4. The molecule has 17 heavy (non-hydrogen) atoms. The molecule has 0 bridgehead atoms. The lowest BCUT2D eigenvalue weighted by molar-refractivity contribution is -0.146. The van der Waals surface area contributed by atoms with Gasteiger partial charge in [0.05, 0.1) is 17.1 Å². The van der Waals surface area contributed by atoms with E-state index in [-0.39, 0.29) is 29.9 Å². The fraction of sp³-hybridized carbons (Fsp3) is 0.900. The maximum absolute atomic E-state index is 11.5. The van der Waals surface area contributed by atoms with Crippen LogP contribution in [0.5, 0.6) is 0 Å². The van der Waals surface area contributed by atoms with Crippen molar-refractivity contribution in [2.45, 2.75) is 38.8 Å². The van der Waals surface area contributed by atoms with E-state index in [0.29, 0.717) is 6.54 Å². The molecule has 1 heterocycles. The molecule has 0 radical (unpaired) electrons. The molecule has 1 aliphatic heterocycles. The van der Waals surface area contributed by atoms with Gasteiger partial charge >= 0.3 is 0 Å². The van der Waals surface area contributed by atoms with Gasteiger partial charge in [-0.1, -0.05) is 0 Å². The second-order valence-electron chi connectivity index (χ2n) is 5.21. The molecule has 100 valence electrons. The van der Waals surface area contributed by atoms with Crippen LogP contribution in [0.4, 0.5) is 0 Å². The Kier molecular flexibility index (Phi) is 4.51. The fourth-order valence-electron chi connectivity index (χ4n) is 1.47. The number of rotatable bonds is 3. The first-order valence-electron chi connectivity index (χ1n) is 5.59. The van der Waals surface area contributed by atoms with E-state index in [9.17, 15) is 13.2 Å². The lowest BCUT2D eigenvalue weighted by Gasteiger charge is -2.24. The predicted molar refractivity (Wildman–Crippen MR) is 64.0 cm³/mol. The highest BCUT2D eigenvalue weighted by atomic mass is 32.2. The van der Waals surface area contributed by atoms with E-state index in [4.69, 9.17) is 4.84 Å². The first-order chi connectivity index (χ1) is 7.68. The van der Waals surface area contributed by atoms with E-state index < -0.39 is 15.4 Å². The van der Waals surface area contributed by atoms with Crippen molar-refractivity contribution in [1.29, 1.82) is 0 Å². The third-order valence-corrected chi connectivity index (χ3v) is 3.94. The Balaban J connectivity index is 2.36. The van der Waals surface area contributed by atoms with E-state index in [0.717, 1.165) is 0 Å². The number of amides is 1. The second kappa shape index (κ2) is 5.32. The number of sulfone groups is 1. The van der Waals surface area contributed by atoms with Gasteiger partial charge in [0.15, 0.2) is 9.84 Å². The summed E-state index contributed by atoms with van der Waals surface area (Å²) in [5.74, 6) is -0.158. The monoisotopic (exact) mass is 264 g/mol. The van der Waals surface area contributed by atoms with Gasteiger partial charge in [-0.2, -0.15) is 0 Å². The average molecular weight is 264 g/mol. The predicted octanol–water partition coefficient (Wildman–Crippen LogP) is -0.391. The van der Waals surface area contributed by atoms with Crippen LogP contribution in [0.25, 0.3) is 0 Å². The minimum absolute atomic E-state index is 0.00986. The smallest absolute Gasteiger partial charge is 0.245 e. The molecule has 1 saturated heterocycles. The molecular weight excluding hydrogens is 244 g/mol. The van der Waals surface area contributed by atoms with Gasteiger partial charge in [0.1, 0.15) is 0 Å². The summed E-state index contributed by atoms with van der Waals surface area (Å²) in [6.45, 7) is 5.85. The summed E-state index contributed by atoms with van der Waals surface area (Å²) in [7, 11) is -3.00. The number of carbonyl (C=O) groups is 1. The van der Waals surface area contributed by atoms with Gasteiger partial charge in [-0.05, 0) is 20.8 Å². The molecule has 7 heteroatoms. The summed E-state index contributed by atoms with van der Waals surface area (Å²) < 4.78 is 22.7. The summed E-state index contributed by atoms with van der Waals surface area (Å²) in [5.41, 5.74) is 1.87. The van der Waals surface area contributed by atoms with E-state index >= 15 is 0 Å². The molecule has 2 N–H and O–H groups in total. The van der Waals surface area contributed by atoms with Crippen LogP contribution in [-0.2, 0) is 19.5 Å². The number of nitrogens with one attached hydrogen (secondary N) is 2. The molecule has 1 aliphatic rings. The molecule has 1 rings (SSSR count). The molecule has 0 saturated carbocycles. The molecule has 1 amide bonds. The van der Waals surface area contributed by atoms with Crippen LogP contribution in [0.1, 0.15) is 27.2 Å². The van der Waals surface area contributed by atoms with Crippen LogP contribution in [0, 0.1) is 0 Å². The first kappa shape index (κ1) is 14.4. The van der Waals surface area contributed by atoms with Gasteiger partial charge in [0, 0.05) is 19.0 Å². The van der Waals surface area contributed by atoms with Crippen molar-refractivity contribution in [3.63, 3.8) is 0 Å². The molecule has 0 aliphatic carbocycles. The summed E-state index contributed by atoms with van der Waals surface area (Å²) in [6, 6.07) is -0.322. The van der Waals surface area contributed by atoms with Gasteiger partial charge in [0.25, 0.3) is 0 Å². The van der Waals surface area contributed by atoms with Crippen LogP contribution in [0.15, 0.2) is 0 Å². The van der Waals surface area contributed by atoms with Crippen LogP contribution in [0.2, 0.25) is 0 Å². The highest BCUT2D eigenvalue weighted by molar-refractivity contribution is 7.91. The molecular formula is C10H20N2O4S. The third-order valence-electron chi connectivity index (χ3n) is 2.20. The van der Waals surface area contributed by atoms with Crippen molar-refractivity contribution < 1.29 is 18.0 Å². The van der Waals surface area contributed by atoms with Crippen molar-refractivity contribution in [3.05, 3.63) is 0 Å².